The average Bonchev–Trinajstić information content (AvgIpc) is 2.53. The molecule has 0 aliphatic carbocycles. The summed E-state index contributed by atoms with van der Waals surface area (Å²) in [5, 5.41) is 0.786. The lowest BCUT2D eigenvalue weighted by molar-refractivity contribution is 0.414. The summed E-state index contributed by atoms with van der Waals surface area (Å²) in [6, 6.07) is 11.1. The number of sulfonamides is 1. The highest BCUT2D eigenvalue weighted by Gasteiger charge is 2.17. The van der Waals surface area contributed by atoms with Crippen LogP contribution in [0.3, 0.4) is 0 Å². The van der Waals surface area contributed by atoms with Crippen molar-refractivity contribution in [2.24, 2.45) is 0 Å². The van der Waals surface area contributed by atoms with Crippen molar-refractivity contribution in [2.45, 2.75) is 15.7 Å². The summed E-state index contributed by atoms with van der Waals surface area (Å²) in [4.78, 5) is 4.41. The molecule has 0 N–H and O–H groups in total. The van der Waals surface area contributed by atoms with Crippen LogP contribution in [0, 0.1) is 0 Å². The average molecular weight is 338 g/mol. The van der Waals surface area contributed by atoms with Gasteiger partial charge in [-0.1, -0.05) is 12.1 Å². The highest BCUT2D eigenvalue weighted by Crippen LogP contribution is 2.23. The minimum absolute atomic E-state index is 0.200. The zero-order chi connectivity index (χ0) is 16.2. The number of aromatic nitrogens is 1. The van der Waals surface area contributed by atoms with Crippen molar-refractivity contribution in [3.63, 3.8) is 0 Å². The molecule has 22 heavy (non-hydrogen) atoms. The van der Waals surface area contributed by atoms with Gasteiger partial charge in [-0.15, -0.1) is 11.8 Å². The number of pyridine rings is 1. The van der Waals surface area contributed by atoms with Crippen molar-refractivity contribution < 1.29 is 13.2 Å². The molecule has 0 bridgehead atoms. The predicted molar refractivity (Wildman–Crippen MR) is 87.7 cm³/mol. The summed E-state index contributed by atoms with van der Waals surface area (Å²) in [6.07, 6.45) is 1.39. The van der Waals surface area contributed by atoms with E-state index in [1.807, 2.05) is 24.3 Å². The minimum atomic E-state index is -3.42. The maximum Gasteiger partial charge on any atom is 0.244 e. The van der Waals surface area contributed by atoms with E-state index < -0.39 is 10.0 Å². The molecule has 0 unspecified atom stereocenters. The molecular weight excluding hydrogens is 320 g/mol. The monoisotopic (exact) mass is 338 g/mol. The van der Waals surface area contributed by atoms with Gasteiger partial charge >= 0.3 is 0 Å². The number of methoxy groups -OCH3 is 1. The number of ether oxygens (including phenoxy) is 1. The molecule has 0 fully saturated rings. The highest BCUT2D eigenvalue weighted by atomic mass is 32.2. The minimum Gasteiger partial charge on any atom is -0.497 e. The molecule has 0 amide bonds. The van der Waals surface area contributed by atoms with Gasteiger partial charge in [0.1, 0.15) is 10.6 Å². The van der Waals surface area contributed by atoms with Crippen LogP contribution in [0.25, 0.3) is 0 Å². The van der Waals surface area contributed by atoms with Gasteiger partial charge in [0.25, 0.3) is 0 Å². The zero-order valence-electron chi connectivity index (χ0n) is 12.7. The lowest BCUT2D eigenvalue weighted by Gasteiger charge is -2.11. The van der Waals surface area contributed by atoms with Crippen LogP contribution in [0.4, 0.5) is 0 Å². The molecule has 118 valence electrons. The molecule has 0 aliphatic rings. The topological polar surface area (TPSA) is 59.5 Å². The third-order valence-corrected chi connectivity index (χ3v) is 5.85. The second-order valence-electron chi connectivity index (χ2n) is 4.76. The van der Waals surface area contributed by atoms with E-state index in [0.717, 1.165) is 22.1 Å². The van der Waals surface area contributed by atoms with Crippen LogP contribution in [0.2, 0.25) is 0 Å². The van der Waals surface area contributed by atoms with Gasteiger partial charge in [-0.3, -0.25) is 0 Å². The smallest absolute Gasteiger partial charge is 0.244 e. The summed E-state index contributed by atoms with van der Waals surface area (Å²) in [7, 11) is 1.22. The first-order valence-electron chi connectivity index (χ1n) is 6.58. The van der Waals surface area contributed by atoms with Crippen LogP contribution in [-0.2, 0) is 15.8 Å². The van der Waals surface area contributed by atoms with Crippen molar-refractivity contribution in [3.8, 4) is 5.75 Å². The summed E-state index contributed by atoms with van der Waals surface area (Å²) in [5.41, 5.74) is 1.15. The Morgan fingerprint density at radius 1 is 1.14 bits per heavy atom. The van der Waals surface area contributed by atoms with Crippen molar-refractivity contribution in [3.05, 3.63) is 48.2 Å². The third-order valence-electron chi connectivity index (χ3n) is 3.03. The molecule has 0 saturated heterocycles. The lowest BCUT2D eigenvalue weighted by Crippen LogP contribution is -2.22. The summed E-state index contributed by atoms with van der Waals surface area (Å²) in [5.74, 6) is 1.58. The van der Waals surface area contributed by atoms with Gasteiger partial charge < -0.3 is 4.74 Å². The number of nitrogens with zero attached hydrogens (tertiary/aromatic N) is 2. The second-order valence-corrected chi connectivity index (χ2v) is 7.90. The van der Waals surface area contributed by atoms with Crippen LogP contribution in [0.15, 0.2) is 52.5 Å². The van der Waals surface area contributed by atoms with E-state index in [4.69, 9.17) is 4.74 Å². The molecular formula is C15H18N2O3S2. The van der Waals surface area contributed by atoms with E-state index in [1.165, 1.54) is 24.6 Å². The van der Waals surface area contributed by atoms with E-state index in [0.29, 0.717) is 0 Å². The predicted octanol–water partition coefficient (Wildman–Crippen LogP) is 2.63. The van der Waals surface area contributed by atoms with Crippen LogP contribution in [0.1, 0.15) is 5.56 Å². The van der Waals surface area contributed by atoms with Crippen LogP contribution < -0.4 is 4.74 Å². The Bertz CT molecular complexity index is 711. The van der Waals surface area contributed by atoms with Crippen molar-refractivity contribution in [1.82, 2.24) is 9.29 Å². The SMILES string of the molecule is COc1ccc(CSc2ccc(S(=O)(=O)N(C)C)cn2)cc1. The van der Waals surface area contributed by atoms with Crippen LogP contribution in [-0.4, -0.2) is 38.9 Å². The van der Waals surface area contributed by atoms with Crippen molar-refractivity contribution >= 4 is 21.8 Å². The Balaban J connectivity index is 2.02. The first kappa shape index (κ1) is 16.8. The fourth-order valence-corrected chi connectivity index (χ4v) is 3.34. The largest absolute Gasteiger partial charge is 0.497 e. The zero-order valence-corrected chi connectivity index (χ0v) is 14.3. The van der Waals surface area contributed by atoms with E-state index in [2.05, 4.69) is 4.98 Å². The maximum atomic E-state index is 12.0. The van der Waals surface area contributed by atoms with E-state index >= 15 is 0 Å². The van der Waals surface area contributed by atoms with Gasteiger partial charge in [0.2, 0.25) is 10.0 Å². The molecule has 0 radical (unpaired) electrons. The van der Waals surface area contributed by atoms with Gasteiger partial charge in [0, 0.05) is 26.0 Å². The number of benzene rings is 1. The fraction of sp³-hybridized carbons (Fsp3) is 0.267. The second kappa shape index (κ2) is 7.13. The Labute approximate surface area is 135 Å². The van der Waals surface area contributed by atoms with E-state index in [1.54, 1.807) is 31.0 Å². The molecule has 1 aromatic heterocycles. The van der Waals surface area contributed by atoms with E-state index in [-0.39, 0.29) is 4.90 Å². The summed E-state index contributed by atoms with van der Waals surface area (Å²) < 4.78 is 30.2. The highest BCUT2D eigenvalue weighted by molar-refractivity contribution is 7.98. The Morgan fingerprint density at radius 3 is 2.32 bits per heavy atom. The van der Waals surface area contributed by atoms with Crippen molar-refractivity contribution in [2.75, 3.05) is 21.2 Å². The fourth-order valence-electron chi connectivity index (χ4n) is 1.69. The van der Waals surface area contributed by atoms with Gasteiger partial charge in [-0.2, -0.15) is 0 Å². The molecule has 7 heteroatoms. The van der Waals surface area contributed by atoms with Crippen LogP contribution in [0.5, 0.6) is 5.75 Å². The number of hydrogen-bond donors (Lipinski definition) is 0. The maximum absolute atomic E-state index is 12.0. The first-order chi connectivity index (χ1) is 10.4. The molecule has 0 atom stereocenters. The Morgan fingerprint density at radius 2 is 1.82 bits per heavy atom. The van der Waals surface area contributed by atoms with Crippen molar-refractivity contribution in [1.29, 1.82) is 0 Å². The van der Waals surface area contributed by atoms with Gasteiger partial charge in [0.15, 0.2) is 0 Å². The quantitative estimate of drug-likeness (QED) is 0.758. The molecule has 2 aromatic rings. The lowest BCUT2D eigenvalue weighted by atomic mass is 10.2. The van der Waals surface area contributed by atoms with E-state index in [9.17, 15) is 8.42 Å². The number of thioether (sulfide) groups is 1. The van der Waals surface area contributed by atoms with Crippen LogP contribution >= 0.6 is 11.8 Å². The molecule has 1 heterocycles. The van der Waals surface area contributed by atoms with Gasteiger partial charge in [-0.25, -0.2) is 17.7 Å². The summed E-state index contributed by atoms with van der Waals surface area (Å²) in [6.45, 7) is 0. The van der Waals surface area contributed by atoms with Gasteiger partial charge in [0.05, 0.1) is 12.1 Å². The molecule has 2 rings (SSSR count). The number of hydrogen-bond acceptors (Lipinski definition) is 5. The standard InChI is InChI=1S/C15H18N2O3S2/c1-17(2)22(18,19)14-8-9-15(16-10-14)21-11-12-4-6-13(20-3)7-5-12/h4-10H,11H2,1-3H3. The molecule has 0 aliphatic heterocycles. The van der Waals surface area contributed by atoms with Gasteiger partial charge in [-0.05, 0) is 29.8 Å². The third kappa shape index (κ3) is 4.00. The molecule has 0 saturated carbocycles. The normalized spacial score (nSPS) is 11.6. The molecule has 0 spiro atoms. The molecule has 1 aromatic carbocycles. The first-order valence-corrected chi connectivity index (χ1v) is 9.00. The number of rotatable bonds is 6. The Kier molecular flexibility index (Phi) is 5.44. The summed E-state index contributed by atoms with van der Waals surface area (Å²) >= 11 is 1.55. The Hall–Kier alpha value is -1.57. The molecule has 5 nitrogen and oxygen atoms in total.